The topological polar surface area (TPSA) is 184 Å². The Hall–Kier alpha value is -4.52. The molecular formula is C27H24F3N6O7P. The van der Waals surface area contributed by atoms with E-state index in [1.54, 1.807) is 18.2 Å². The smallest absolute Gasteiger partial charge is 0.459 e. The predicted octanol–water partition coefficient (Wildman–Crippen LogP) is 2.97. The van der Waals surface area contributed by atoms with Crippen molar-refractivity contribution >= 4 is 30.7 Å². The van der Waals surface area contributed by atoms with Crippen molar-refractivity contribution in [3.05, 3.63) is 78.1 Å². The van der Waals surface area contributed by atoms with Crippen LogP contribution in [0.4, 0.5) is 19.0 Å². The van der Waals surface area contributed by atoms with Gasteiger partial charge in [-0.25, -0.2) is 18.3 Å². The van der Waals surface area contributed by atoms with Crippen LogP contribution in [0.5, 0.6) is 5.75 Å². The Balaban J connectivity index is 1.41. The van der Waals surface area contributed by atoms with Gasteiger partial charge in [-0.2, -0.15) is 19.4 Å². The summed E-state index contributed by atoms with van der Waals surface area (Å²) in [4.78, 5) is 23.3. The summed E-state index contributed by atoms with van der Waals surface area (Å²) in [5, 5.41) is 23.1. The summed E-state index contributed by atoms with van der Waals surface area (Å²) in [7, 11) is -4.69. The second kappa shape index (κ2) is 12.2. The summed E-state index contributed by atoms with van der Waals surface area (Å²) in [5.74, 6) is -1.35. The molecule has 230 valence electrons. The van der Waals surface area contributed by atoms with Gasteiger partial charge in [0.25, 0.3) is 0 Å². The van der Waals surface area contributed by atoms with Crippen molar-refractivity contribution in [2.75, 3.05) is 12.3 Å². The van der Waals surface area contributed by atoms with E-state index in [0.717, 1.165) is 12.1 Å². The van der Waals surface area contributed by atoms with E-state index in [9.17, 15) is 32.7 Å². The number of carboxylic acids is 1. The first kappa shape index (κ1) is 30.9. The summed E-state index contributed by atoms with van der Waals surface area (Å²) in [6.07, 6.45) is 2.63. The van der Waals surface area contributed by atoms with Gasteiger partial charge in [0, 0.05) is 12.5 Å². The largest absolute Gasteiger partial charge is 0.480 e. The lowest BCUT2D eigenvalue weighted by Crippen LogP contribution is -2.44. The van der Waals surface area contributed by atoms with Gasteiger partial charge in [0.15, 0.2) is 22.6 Å². The number of aliphatic carboxylic acids is 1. The molecule has 13 nitrogen and oxygen atoms in total. The second-order valence-electron chi connectivity index (χ2n) is 9.74. The highest BCUT2D eigenvalue weighted by Gasteiger charge is 2.50. The van der Waals surface area contributed by atoms with Gasteiger partial charge < -0.3 is 25.2 Å². The number of rotatable bonds is 11. The number of hydrogen-bond acceptors (Lipinski definition) is 10. The number of aliphatic hydroxyl groups excluding tert-OH is 1. The van der Waals surface area contributed by atoms with Crippen LogP contribution in [-0.4, -0.2) is 60.1 Å². The Bertz CT molecular complexity index is 1770. The molecular weight excluding hydrogens is 608 g/mol. The highest BCUT2D eigenvalue weighted by atomic mass is 31.2. The van der Waals surface area contributed by atoms with Crippen molar-refractivity contribution in [2.24, 2.45) is 0 Å². The third kappa shape index (κ3) is 6.52. The van der Waals surface area contributed by atoms with Crippen LogP contribution < -0.4 is 15.3 Å². The molecule has 1 saturated heterocycles. The molecule has 2 aromatic carbocycles. The highest BCUT2D eigenvalue weighted by Crippen LogP contribution is 2.48. The third-order valence-electron chi connectivity index (χ3n) is 6.68. The van der Waals surface area contributed by atoms with Crippen LogP contribution in [0.25, 0.3) is 11.2 Å². The van der Waals surface area contributed by atoms with Crippen LogP contribution >= 0.6 is 7.75 Å². The number of anilines is 1. The number of fused-ring (bicyclic) bond motifs is 1. The quantitative estimate of drug-likeness (QED) is 0.108. The van der Waals surface area contributed by atoms with Crippen LogP contribution in [0, 0.1) is 30.1 Å². The van der Waals surface area contributed by atoms with Gasteiger partial charge in [0.1, 0.15) is 42.4 Å². The molecule has 44 heavy (non-hydrogen) atoms. The van der Waals surface area contributed by atoms with Gasteiger partial charge in [-0.1, -0.05) is 24.1 Å². The fourth-order valence-corrected chi connectivity index (χ4v) is 6.10. The van der Waals surface area contributed by atoms with E-state index in [4.69, 9.17) is 25.9 Å². The first-order chi connectivity index (χ1) is 20.9. The molecule has 17 heteroatoms. The molecule has 0 saturated carbocycles. The van der Waals surface area contributed by atoms with Crippen molar-refractivity contribution in [1.29, 1.82) is 0 Å². The first-order valence-corrected chi connectivity index (χ1v) is 14.4. The lowest BCUT2D eigenvalue weighted by Gasteiger charge is -2.30. The van der Waals surface area contributed by atoms with E-state index >= 15 is 0 Å². The molecule has 1 fully saturated rings. The number of aromatic nitrogens is 4. The zero-order valence-electron chi connectivity index (χ0n) is 22.5. The SMILES string of the molecule is C#C[C@]1(COP(=O)(N[C@@H](Cc2cc(F)cc(F)c2)C(=O)O)Oc2ccccc2)O[C@@H](n2cnc3c(N)nc(F)nc32)C[C@@H]1O. The number of halogens is 3. The van der Waals surface area contributed by atoms with Crippen molar-refractivity contribution in [2.45, 2.75) is 36.8 Å². The summed E-state index contributed by atoms with van der Waals surface area (Å²) in [5.41, 5.74) is 3.72. The number of nitrogens with two attached hydrogens (primary N) is 1. The minimum Gasteiger partial charge on any atom is -0.480 e. The molecule has 5 rings (SSSR count). The number of carbonyl (C=O) groups is 1. The van der Waals surface area contributed by atoms with Gasteiger partial charge in [0.2, 0.25) is 0 Å². The molecule has 5 N–H and O–H groups in total. The maximum atomic E-state index is 14.0. The average molecular weight is 632 g/mol. The fourth-order valence-electron chi connectivity index (χ4n) is 4.58. The number of carboxylic acid groups (broad SMARTS) is 1. The minimum absolute atomic E-state index is 0.00831. The highest BCUT2D eigenvalue weighted by molar-refractivity contribution is 7.52. The fraction of sp³-hybridized carbons (Fsp3) is 0.259. The molecule has 2 aromatic heterocycles. The molecule has 3 heterocycles. The Kier molecular flexibility index (Phi) is 8.60. The summed E-state index contributed by atoms with van der Waals surface area (Å²) in [6, 6.07) is 8.31. The van der Waals surface area contributed by atoms with Crippen molar-refractivity contribution in [3.8, 4) is 18.1 Å². The Labute approximate surface area is 247 Å². The van der Waals surface area contributed by atoms with Gasteiger partial charge in [-0.15, -0.1) is 6.42 Å². The number of nitrogens with zero attached hydrogens (tertiary/aromatic N) is 4. The normalized spacial score (nSPS) is 21.9. The minimum atomic E-state index is -4.69. The van der Waals surface area contributed by atoms with Crippen LogP contribution in [0.1, 0.15) is 18.2 Å². The molecule has 0 aliphatic carbocycles. The predicted molar refractivity (Wildman–Crippen MR) is 147 cm³/mol. The number of benzene rings is 2. The zero-order chi connectivity index (χ0) is 31.6. The van der Waals surface area contributed by atoms with Gasteiger partial charge in [0.05, 0.1) is 6.33 Å². The average Bonchev–Trinajstić information content (AvgIpc) is 3.52. The summed E-state index contributed by atoms with van der Waals surface area (Å²) >= 11 is 0. The number of para-hydroxylation sites is 1. The van der Waals surface area contributed by atoms with Crippen molar-refractivity contribution in [1.82, 2.24) is 24.6 Å². The second-order valence-corrected chi connectivity index (χ2v) is 11.4. The van der Waals surface area contributed by atoms with Crippen LogP contribution in [0.15, 0.2) is 54.9 Å². The monoisotopic (exact) mass is 632 g/mol. The standard InChI is InChI=1S/C27H24F3N6O7P/c1-2-27(20(37)12-21(42-27)36-14-32-22-23(31)33-26(30)34-24(22)36)13-41-44(40,43-18-6-4-3-5-7-18)35-19(25(38)39)10-15-8-16(28)11-17(29)9-15/h1,3-9,11,14,19-21,37H,10,12-13H2,(H,35,40)(H,38,39)(H2,31,33,34)/t19-,20-,21+,27+,44?/m0/s1. The maximum Gasteiger partial charge on any atom is 0.459 e. The lowest BCUT2D eigenvalue weighted by molar-refractivity contribution is -0.139. The number of aliphatic hydroxyl groups is 1. The molecule has 0 amide bonds. The number of terminal acetylenes is 1. The van der Waals surface area contributed by atoms with Crippen molar-refractivity contribution < 1.29 is 46.5 Å². The first-order valence-electron chi connectivity index (χ1n) is 12.8. The van der Waals surface area contributed by atoms with Gasteiger partial charge in [-0.05, 0) is 36.2 Å². The van der Waals surface area contributed by atoms with Crippen LogP contribution in [-0.2, 0) is 25.0 Å². The van der Waals surface area contributed by atoms with Gasteiger partial charge >= 0.3 is 19.8 Å². The number of nitrogen functional groups attached to an aromatic ring is 1. The van der Waals surface area contributed by atoms with E-state index in [0.29, 0.717) is 6.07 Å². The summed E-state index contributed by atoms with van der Waals surface area (Å²) in [6.45, 7) is -0.794. The molecule has 0 radical (unpaired) electrons. The Morgan fingerprint density at radius 2 is 1.95 bits per heavy atom. The van der Waals surface area contributed by atoms with E-state index in [1.165, 1.54) is 23.0 Å². The number of imidazole rings is 1. The van der Waals surface area contributed by atoms with Crippen LogP contribution in [0.2, 0.25) is 0 Å². The molecule has 0 bridgehead atoms. The zero-order valence-corrected chi connectivity index (χ0v) is 23.4. The molecule has 5 atom stereocenters. The lowest BCUT2D eigenvalue weighted by atomic mass is 9.99. The Morgan fingerprint density at radius 3 is 2.61 bits per heavy atom. The van der Waals surface area contributed by atoms with Crippen LogP contribution in [0.3, 0.4) is 0 Å². The number of ether oxygens (including phenoxy) is 1. The van der Waals surface area contributed by atoms with E-state index in [1.807, 2.05) is 0 Å². The maximum absolute atomic E-state index is 14.0. The number of hydrogen-bond donors (Lipinski definition) is 4. The molecule has 0 spiro atoms. The summed E-state index contributed by atoms with van der Waals surface area (Å²) < 4.78 is 73.8. The van der Waals surface area contributed by atoms with Crippen molar-refractivity contribution in [3.63, 3.8) is 0 Å². The molecule has 1 aliphatic rings. The third-order valence-corrected chi connectivity index (χ3v) is 8.23. The Morgan fingerprint density at radius 1 is 1.25 bits per heavy atom. The molecule has 1 unspecified atom stereocenters. The molecule has 4 aromatic rings. The number of nitrogens with one attached hydrogen (secondary N) is 1. The molecule has 1 aliphatic heterocycles. The van der Waals surface area contributed by atoms with E-state index in [2.05, 4.69) is 26.0 Å². The van der Waals surface area contributed by atoms with E-state index in [-0.39, 0.29) is 34.7 Å². The van der Waals surface area contributed by atoms with Gasteiger partial charge in [-0.3, -0.25) is 13.9 Å². The van der Waals surface area contributed by atoms with E-state index < -0.39 is 68.4 Å².